The first kappa shape index (κ1) is 15.7. The number of furan rings is 1. The monoisotopic (exact) mass is 336 g/mol. The van der Waals surface area contributed by atoms with E-state index in [-0.39, 0.29) is 18.6 Å². The second-order valence-electron chi connectivity index (χ2n) is 5.23. The number of carbonyl (C=O) groups excluding carboxylic acids is 1. The predicted octanol–water partition coefficient (Wildman–Crippen LogP) is 2.79. The highest BCUT2D eigenvalue weighted by Crippen LogP contribution is 2.37. The minimum absolute atomic E-state index is 0.0605. The summed E-state index contributed by atoms with van der Waals surface area (Å²) in [7, 11) is 0. The molecule has 0 saturated carbocycles. The van der Waals surface area contributed by atoms with Gasteiger partial charge in [0, 0.05) is 12.0 Å². The topological polar surface area (TPSA) is 83.7 Å². The Kier molecular flexibility index (Phi) is 4.73. The molecule has 3 N–H and O–H groups in total. The van der Waals surface area contributed by atoms with Crippen LogP contribution in [-0.4, -0.2) is 24.3 Å². The van der Waals surface area contributed by atoms with Crippen molar-refractivity contribution in [2.45, 2.75) is 18.6 Å². The average Bonchev–Trinajstić information content (AvgIpc) is 3.08. The Balaban J connectivity index is 1.58. The third kappa shape index (κ3) is 3.60. The van der Waals surface area contributed by atoms with Crippen molar-refractivity contribution in [3.05, 3.63) is 52.9 Å². The maximum Gasteiger partial charge on any atom is 0.315 e. The van der Waals surface area contributed by atoms with Gasteiger partial charge in [-0.2, -0.15) is 0 Å². The molecule has 0 fully saturated rings. The minimum atomic E-state index is -0.882. The van der Waals surface area contributed by atoms with Crippen molar-refractivity contribution < 1.29 is 19.1 Å². The zero-order valence-electron chi connectivity index (χ0n) is 12.3. The summed E-state index contributed by atoms with van der Waals surface area (Å²) in [6.07, 6.45) is 1.25. The van der Waals surface area contributed by atoms with Crippen LogP contribution >= 0.6 is 11.6 Å². The summed E-state index contributed by atoms with van der Waals surface area (Å²) in [6.45, 7) is 0.543. The maximum absolute atomic E-state index is 12.0. The molecule has 0 radical (unpaired) electrons. The number of rotatable bonds is 4. The van der Waals surface area contributed by atoms with Crippen LogP contribution in [-0.2, 0) is 0 Å². The van der Waals surface area contributed by atoms with Gasteiger partial charge >= 0.3 is 6.03 Å². The highest BCUT2D eigenvalue weighted by atomic mass is 35.5. The Morgan fingerprint density at radius 3 is 3.04 bits per heavy atom. The largest absolute Gasteiger partial charge is 0.492 e. The number of para-hydroxylation sites is 1. The maximum atomic E-state index is 12.0. The molecule has 6 nitrogen and oxygen atoms in total. The number of fused-ring (bicyclic) bond motifs is 1. The molecule has 1 aliphatic rings. The van der Waals surface area contributed by atoms with Crippen LogP contribution in [0.25, 0.3) is 0 Å². The SMILES string of the molecule is O=C(NCC(O)c1ccco1)NC1CCOc2c(Cl)cccc21. The number of urea groups is 1. The second kappa shape index (κ2) is 6.93. The number of aliphatic hydroxyl groups is 1. The Labute approximate surface area is 138 Å². The highest BCUT2D eigenvalue weighted by molar-refractivity contribution is 6.32. The molecule has 2 heterocycles. The van der Waals surface area contributed by atoms with E-state index in [1.165, 1.54) is 6.26 Å². The number of benzene rings is 1. The fourth-order valence-electron chi connectivity index (χ4n) is 2.52. The van der Waals surface area contributed by atoms with Gasteiger partial charge in [0.1, 0.15) is 17.6 Å². The lowest BCUT2D eigenvalue weighted by atomic mass is 10.0. The Bertz CT molecular complexity index is 675. The number of nitrogens with one attached hydrogen (secondary N) is 2. The summed E-state index contributed by atoms with van der Waals surface area (Å²) in [5, 5.41) is 15.9. The van der Waals surface area contributed by atoms with E-state index in [4.69, 9.17) is 20.8 Å². The number of aliphatic hydroxyl groups excluding tert-OH is 1. The number of carbonyl (C=O) groups is 1. The lowest BCUT2D eigenvalue weighted by molar-refractivity contribution is 0.147. The van der Waals surface area contributed by atoms with Crippen LogP contribution in [0.3, 0.4) is 0 Å². The van der Waals surface area contributed by atoms with Crippen molar-refractivity contribution in [1.29, 1.82) is 0 Å². The third-order valence-corrected chi connectivity index (χ3v) is 3.96. The first-order chi connectivity index (χ1) is 11.1. The van der Waals surface area contributed by atoms with Gasteiger partial charge in [-0.25, -0.2) is 4.79 Å². The van der Waals surface area contributed by atoms with E-state index in [1.54, 1.807) is 18.2 Å². The van der Waals surface area contributed by atoms with E-state index in [0.717, 1.165) is 5.56 Å². The van der Waals surface area contributed by atoms with Crippen molar-refractivity contribution in [1.82, 2.24) is 10.6 Å². The molecular formula is C16H17ClN2O4. The molecule has 0 saturated heterocycles. The summed E-state index contributed by atoms with van der Waals surface area (Å²) in [6, 6.07) is 8.24. The molecule has 2 amide bonds. The molecule has 0 aliphatic carbocycles. The van der Waals surface area contributed by atoms with E-state index >= 15 is 0 Å². The molecule has 0 spiro atoms. The quantitative estimate of drug-likeness (QED) is 0.801. The van der Waals surface area contributed by atoms with Gasteiger partial charge < -0.3 is 24.9 Å². The fourth-order valence-corrected chi connectivity index (χ4v) is 2.75. The van der Waals surface area contributed by atoms with Gasteiger partial charge in [-0.3, -0.25) is 0 Å². The second-order valence-corrected chi connectivity index (χ2v) is 5.64. The van der Waals surface area contributed by atoms with Crippen molar-refractivity contribution >= 4 is 17.6 Å². The molecule has 0 bridgehead atoms. The van der Waals surface area contributed by atoms with Crippen LogP contribution in [0.4, 0.5) is 4.79 Å². The number of hydrogen-bond acceptors (Lipinski definition) is 4. The minimum Gasteiger partial charge on any atom is -0.492 e. The van der Waals surface area contributed by atoms with E-state index < -0.39 is 6.10 Å². The van der Waals surface area contributed by atoms with Crippen LogP contribution in [0.5, 0.6) is 5.75 Å². The summed E-state index contributed by atoms with van der Waals surface area (Å²) in [5.41, 5.74) is 0.852. The van der Waals surface area contributed by atoms with Crippen molar-refractivity contribution in [3.8, 4) is 5.75 Å². The molecule has 23 heavy (non-hydrogen) atoms. The van der Waals surface area contributed by atoms with Gasteiger partial charge in [0.05, 0.1) is 30.5 Å². The van der Waals surface area contributed by atoms with Gasteiger partial charge in [-0.05, 0) is 18.2 Å². The van der Waals surface area contributed by atoms with E-state index in [0.29, 0.717) is 29.6 Å². The molecule has 1 aromatic carbocycles. The van der Waals surface area contributed by atoms with Gasteiger partial charge in [-0.15, -0.1) is 0 Å². The summed E-state index contributed by atoms with van der Waals surface area (Å²) in [4.78, 5) is 12.0. The van der Waals surface area contributed by atoms with Crippen molar-refractivity contribution in [3.63, 3.8) is 0 Å². The molecule has 1 aromatic heterocycles. The van der Waals surface area contributed by atoms with Crippen LogP contribution < -0.4 is 15.4 Å². The first-order valence-electron chi connectivity index (χ1n) is 7.32. The van der Waals surface area contributed by atoms with Crippen molar-refractivity contribution in [2.75, 3.05) is 13.2 Å². The zero-order chi connectivity index (χ0) is 16.2. The zero-order valence-corrected chi connectivity index (χ0v) is 13.0. The van der Waals surface area contributed by atoms with E-state index in [9.17, 15) is 9.90 Å². The number of ether oxygens (including phenoxy) is 1. The molecule has 122 valence electrons. The Morgan fingerprint density at radius 2 is 2.26 bits per heavy atom. The lowest BCUT2D eigenvalue weighted by Gasteiger charge is -2.27. The van der Waals surface area contributed by atoms with Crippen LogP contribution in [0.1, 0.15) is 29.9 Å². The van der Waals surface area contributed by atoms with E-state index in [1.807, 2.05) is 12.1 Å². The summed E-state index contributed by atoms with van der Waals surface area (Å²) >= 11 is 6.11. The number of amides is 2. The molecule has 2 atom stereocenters. The normalized spacial score (nSPS) is 17.7. The standard InChI is InChI=1S/C16H17ClN2O4/c17-11-4-1-3-10-12(6-8-23-15(10)11)19-16(21)18-9-13(20)14-5-2-7-22-14/h1-5,7,12-13,20H,6,8-9H2,(H2,18,19,21). The smallest absolute Gasteiger partial charge is 0.315 e. The average molecular weight is 337 g/mol. The molecule has 2 unspecified atom stereocenters. The van der Waals surface area contributed by atoms with Crippen LogP contribution in [0.2, 0.25) is 5.02 Å². The Hall–Kier alpha value is -2.18. The number of halogens is 1. The van der Waals surface area contributed by atoms with Gasteiger partial charge in [-0.1, -0.05) is 23.7 Å². The third-order valence-electron chi connectivity index (χ3n) is 3.66. The summed E-state index contributed by atoms with van der Waals surface area (Å²) in [5.74, 6) is 1.02. The van der Waals surface area contributed by atoms with Gasteiger partial charge in [0.15, 0.2) is 0 Å². The molecule has 2 aromatic rings. The highest BCUT2D eigenvalue weighted by Gasteiger charge is 2.24. The molecule has 7 heteroatoms. The van der Waals surface area contributed by atoms with Crippen molar-refractivity contribution in [2.24, 2.45) is 0 Å². The molecule has 1 aliphatic heterocycles. The van der Waals surface area contributed by atoms with Crippen LogP contribution in [0.15, 0.2) is 41.0 Å². The van der Waals surface area contributed by atoms with E-state index in [2.05, 4.69) is 10.6 Å². The molecule has 3 rings (SSSR count). The fraction of sp³-hybridized carbons (Fsp3) is 0.312. The predicted molar refractivity (Wildman–Crippen MR) is 84.5 cm³/mol. The Morgan fingerprint density at radius 1 is 1.39 bits per heavy atom. The first-order valence-corrected chi connectivity index (χ1v) is 7.70. The number of hydrogen-bond donors (Lipinski definition) is 3. The van der Waals surface area contributed by atoms with Gasteiger partial charge in [0.25, 0.3) is 0 Å². The summed E-state index contributed by atoms with van der Waals surface area (Å²) < 4.78 is 10.6. The molecular weight excluding hydrogens is 320 g/mol. The van der Waals surface area contributed by atoms with Gasteiger partial charge in [0.2, 0.25) is 0 Å². The van der Waals surface area contributed by atoms with Crippen LogP contribution in [0, 0.1) is 0 Å². The lowest BCUT2D eigenvalue weighted by Crippen LogP contribution is -2.41.